The molecule has 2 heterocycles. The van der Waals surface area contributed by atoms with Crippen molar-refractivity contribution in [3.8, 4) is 0 Å². The van der Waals surface area contributed by atoms with E-state index < -0.39 is 0 Å². The summed E-state index contributed by atoms with van der Waals surface area (Å²) in [5, 5.41) is 3.89. The fourth-order valence-electron chi connectivity index (χ4n) is 1.91. The van der Waals surface area contributed by atoms with Crippen LogP contribution in [0.4, 0.5) is 5.82 Å². The first kappa shape index (κ1) is 14.8. The molecule has 1 N–H and O–H groups in total. The molecule has 0 amide bonds. The first-order valence-corrected chi connectivity index (χ1v) is 7.31. The van der Waals surface area contributed by atoms with Gasteiger partial charge in [0.1, 0.15) is 16.8 Å². The molecule has 0 fully saturated rings. The summed E-state index contributed by atoms with van der Waals surface area (Å²) in [5.74, 6) is 1.63. The van der Waals surface area contributed by atoms with Crippen LogP contribution >= 0.6 is 11.6 Å². The van der Waals surface area contributed by atoms with Crippen LogP contribution in [0.15, 0.2) is 18.7 Å². The Morgan fingerprint density at radius 3 is 2.85 bits per heavy atom. The molecular weight excluding hydrogens is 274 g/mol. The molecule has 20 heavy (non-hydrogen) atoms. The van der Waals surface area contributed by atoms with Gasteiger partial charge in [-0.05, 0) is 19.8 Å². The van der Waals surface area contributed by atoms with Crippen molar-refractivity contribution in [2.45, 2.75) is 39.7 Å². The Balaban J connectivity index is 1.80. The van der Waals surface area contributed by atoms with E-state index in [2.05, 4.69) is 24.8 Å². The molecule has 0 saturated carbocycles. The second-order valence-corrected chi connectivity index (χ2v) is 5.05. The van der Waals surface area contributed by atoms with Crippen LogP contribution in [0.1, 0.15) is 31.2 Å². The number of unbranched alkanes of at least 4 members (excludes halogenated alkanes) is 1. The molecule has 2 rings (SSSR count). The predicted molar refractivity (Wildman–Crippen MR) is 81.1 cm³/mol. The molecule has 0 atom stereocenters. The molecule has 0 aliphatic rings. The van der Waals surface area contributed by atoms with Gasteiger partial charge in [-0.15, -0.1) is 0 Å². The van der Waals surface area contributed by atoms with Crippen molar-refractivity contribution in [3.05, 3.63) is 35.3 Å². The fourth-order valence-corrected chi connectivity index (χ4v) is 2.10. The summed E-state index contributed by atoms with van der Waals surface area (Å²) in [4.78, 5) is 12.7. The van der Waals surface area contributed by atoms with Gasteiger partial charge >= 0.3 is 0 Å². The minimum atomic E-state index is 0.540. The smallest absolute Gasteiger partial charge is 0.137 e. The van der Waals surface area contributed by atoms with Crippen LogP contribution in [-0.2, 0) is 13.0 Å². The van der Waals surface area contributed by atoms with Crippen molar-refractivity contribution in [2.24, 2.45) is 0 Å². The highest BCUT2D eigenvalue weighted by Crippen LogP contribution is 2.20. The first-order chi connectivity index (χ1) is 9.70. The van der Waals surface area contributed by atoms with Crippen LogP contribution in [0, 0.1) is 6.92 Å². The maximum atomic E-state index is 6.10. The number of halogens is 1. The number of aromatic nitrogens is 4. The van der Waals surface area contributed by atoms with E-state index in [4.69, 9.17) is 11.6 Å². The zero-order chi connectivity index (χ0) is 14.4. The lowest BCUT2D eigenvalue weighted by molar-refractivity contribution is 0.620. The van der Waals surface area contributed by atoms with Gasteiger partial charge in [0.25, 0.3) is 0 Å². The Morgan fingerprint density at radius 1 is 1.30 bits per heavy atom. The van der Waals surface area contributed by atoms with Gasteiger partial charge in [-0.1, -0.05) is 18.5 Å². The second-order valence-electron chi connectivity index (χ2n) is 4.69. The monoisotopic (exact) mass is 293 g/mol. The van der Waals surface area contributed by atoms with Gasteiger partial charge in [0.05, 0.1) is 6.33 Å². The van der Waals surface area contributed by atoms with E-state index in [9.17, 15) is 0 Å². The van der Waals surface area contributed by atoms with Crippen LogP contribution in [0.5, 0.6) is 0 Å². The van der Waals surface area contributed by atoms with Gasteiger partial charge < -0.3 is 9.88 Å². The third-order valence-corrected chi connectivity index (χ3v) is 3.51. The molecule has 2 aromatic heterocycles. The summed E-state index contributed by atoms with van der Waals surface area (Å²) in [7, 11) is 0. The average molecular weight is 294 g/mol. The number of imidazole rings is 1. The number of aryl methyl sites for hydroxylation is 2. The maximum Gasteiger partial charge on any atom is 0.137 e. The molecule has 0 aromatic carbocycles. The van der Waals surface area contributed by atoms with Crippen molar-refractivity contribution < 1.29 is 0 Å². The molecule has 108 valence electrons. The van der Waals surface area contributed by atoms with E-state index in [1.165, 1.54) is 0 Å². The van der Waals surface area contributed by atoms with Crippen molar-refractivity contribution in [1.29, 1.82) is 0 Å². The molecule has 0 aliphatic heterocycles. The standard InChI is InChI=1S/C14H20ClN5/c1-3-12-18-13(15)11(2)14(19-12)17-6-4-5-8-20-9-7-16-10-20/h7,9-10H,3-6,8H2,1-2H3,(H,17,18,19). The van der Waals surface area contributed by atoms with Crippen molar-refractivity contribution in [3.63, 3.8) is 0 Å². The van der Waals surface area contributed by atoms with E-state index in [0.717, 1.165) is 49.6 Å². The maximum absolute atomic E-state index is 6.10. The topological polar surface area (TPSA) is 55.6 Å². The van der Waals surface area contributed by atoms with E-state index in [-0.39, 0.29) is 0 Å². The SMILES string of the molecule is CCc1nc(Cl)c(C)c(NCCCCn2ccnc2)n1. The Kier molecular flexibility index (Phi) is 5.35. The number of rotatable bonds is 7. The first-order valence-electron chi connectivity index (χ1n) is 6.93. The van der Waals surface area contributed by atoms with Crippen LogP contribution in [-0.4, -0.2) is 26.1 Å². The Morgan fingerprint density at radius 2 is 2.15 bits per heavy atom. The molecule has 0 aliphatic carbocycles. The second kappa shape index (κ2) is 7.24. The largest absolute Gasteiger partial charge is 0.370 e. The molecule has 0 saturated heterocycles. The third-order valence-electron chi connectivity index (χ3n) is 3.14. The highest BCUT2D eigenvalue weighted by molar-refractivity contribution is 6.30. The van der Waals surface area contributed by atoms with Crippen LogP contribution < -0.4 is 5.32 Å². The van der Waals surface area contributed by atoms with Crippen LogP contribution in [0.3, 0.4) is 0 Å². The molecule has 6 heteroatoms. The number of hydrogen-bond acceptors (Lipinski definition) is 4. The molecule has 0 radical (unpaired) electrons. The van der Waals surface area contributed by atoms with E-state index in [1.54, 1.807) is 6.20 Å². The molecule has 0 spiro atoms. The van der Waals surface area contributed by atoms with Gasteiger partial charge in [0.15, 0.2) is 0 Å². The Labute approximate surface area is 124 Å². The third kappa shape index (κ3) is 3.93. The number of nitrogens with zero attached hydrogens (tertiary/aromatic N) is 4. The van der Waals surface area contributed by atoms with Gasteiger partial charge in [-0.3, -0.25) is 0 Å². The quantitative estimate of drug-likeness (QED) is 0.629. The van der Waals surface area contributed by atoms with Crippen LogP contribution in [0.2, 0.25) is 5.15 Å². The van der Waals surface area contributed by atoms with Gasteiger partial charge in [0.2, 0.25) is 0 Å². The molecular formula is C14H20ClN5. The minimum absolute atomic E-state index is 0.540. The lowest BCUT2D eigenvalue weighted by atomic mass is 10.3. The summed E-state index contributed by atoms with van der Waals surface area (Å²) in [6, 6.07) is 0. The average Bonchev–Trinajstić information content (AvgIpc) is 2.96. The molecule has 0 unspecified atom stereocenters. The predicted octanol–water partition coefficient (Wildman–Crippen LogP) is 3.09. The fraction of sp³-hybridized carbons (Fsp3) is 0.500. The molecule has 5 nitrogen and oxygen atoms in total. The summed E-state index contributed by atoms with van der Waals surface area (Å²) in [5.41, 5.74) is 0.915. The van der Waals surface area contributed by atoms with E-state index in [1.807, 2.05) is 26.4 Å². The van der Waals surface area contributed by atoms with Crippen molar-refractivity contribution in [2.75, 3.05) is 11.9 Å². The van der Waals surface area contributed by atoms with E-state index >= 15 is 0 Å². The molecule has 2 aromatic rings. The summed E-state index contributed by atoms with van der Waals surface area (Å²) >= 11 is 6.10. The number of nitrogens with one attached hydrogen (secondary N) is 1. The van der Waals surface area contributed by atoms with Crippen molar-refractivity contribution in [1.82, 2.24) is 19.5 Å². The number of hydrogen-bond donors (Lipinski definition) is 1. The zero-order valence-electron chi connectivity index (χ0n) is 11.9. The zero-order valence-corrected chi connectivity index (χ0v) is 12.7. The minimum Gasteiger partial charge on any atom is -0.370 e. The highest BCUT2D eigenvalue weighted by Gasteiger charge is 2.07. The Hall–Kier alpha value is -1.62. The summed E-state index contributed by atoms with van der Waals surface area (Å²) in [6.07, 6.45) is 8.58. The van der Waals surface area contributed by atoms with Crippen molar-refractivity contribution >= 4 is 17.4 Å². The summed E-state index contributed by atoms with van der Waals surface area (Å²) in [6.45, 7) is 5.84. The highest BCUT2D eigenvalue weighted by atomic mass is 35.5. The van der Waals surface area contributed by atoms with Gasteiger partial charge in [-0.25, -0.2) is 15.0 Å². The lowest BCUT2D eigenvalue weighted by Crippen LogP contribution is -2.09. The normalized spacial score (nSPS) is 10.8. The summed E-state index contributed by atoms with van der Waals surface area (Å²) < 4.78 is 2.09. The van der Waals surface area contributed by atoms with Gasteiger partial charge in [0, 0.05) is 37.5 Å². The Bertz CT molecular complexity index is 539. The molecule has 0 bridgehead atoms. The van der Waals surface area contributed by atoms with Gasteiger partial charge in [-0.2, -0.15) is 0 Å². The van der Waals surface area contributed by atoms with E-state index in [0.29, 0.717) is 5.15 Å². The van der Waals surface area contributed by atoms with Crippen LogP contribution in [0.25, 0.3) is 0 Å². The lowest BCUT2D eigenvalue weighted by Gasteiger charge is -2.11. The number of anilines is 1.